The maximum atomic E-state index is 11.4. The quantitative estimate of drug-likeness (QED) is 0.376. The molecule has 1 rings (SSSR count). The minimum absolute atomic E-state index is 0.103. The smallest absolute Gasteiger partial charge is 0.303 e. The van der Waals surface area contributed by atoms with Gasteiger partial charge in [-0.05, 0) is 19.6 Å². The predicted molar refractivity (Wildman–Crippen MR) is 85.7 cm³/mol. The third-order valence-corrected chi connectivity index (χ3v) is 4.17. The highest BCUT2D eigenvalue weighted by atomic mass is 28.4. The Balaban J connectivity index is 2.92. The molecular weight excluding hydrogens is 336 g/mol. The van der Waals surface area contributed by atoms with Crippen molar-refractivity contribution in [2.75, 3.05) is 13.2 Å². The van der Waals surface area contributed by atoms with E-state index in [2.05, 4.69) is 0 Å². The van der Waals surface area contributed by atoms with Crippen molar-refractivity contribution in [1.29, 1.82) is 0 Å². The van der Waals surface area contributed by atoms with Crippen molar-refractivity contribution in [3.8, 4) is 0 Å². The van der Waals surface area contributed by atoms with Gasteiger partial charge in [0.05, 0.1) is 6.61 Å². The van der Waals surface area contributed by atoms with Gasteiger partial charge in [-0.2, -0.15) is 0 Å². The van der Waals surface area contributed by atoms with E-state index in [9.17, 15) is 14.4 Å². The van der Waals surface area contributed by atoms with Crippen molar-refractivity contribution in [3.05, 3.63) is 0 Å². The van der Waals surface area contributed by atoms with E-state index in [4.69, 9.17) is 23.4 Å². The molecule has 0 aromatic heterocycles. The van der Waals surface area contributed by atoms with E-state index in [1.165, 1.54) is 20.8 Å². The number of carbonyl (C=O) groups excluding carboxylic acids is 3. The Morgan fingerprint density at radius 1 is 0.833 bits per heavy atom. The fraction of sp³-hybridized carbons (Fsp3) is 0.800. The van der Waals surface area contributed by atoms with Gasteiger partial charge in [-0.15, -0.1) is 0 Å². The SMILES string of the molecule is CC(=O)OC[C@H]1O[C@H](CO[Si](C)(C)C)[C@H](OC(C)=O)[C@@H]1OC(C)=O. The molecule has 0 radical (unpaired) electrons. The molecule has 1 fully saturated rings. The fourth-order valence-corrected chi connectivity index (χ4v) is 2.94. The number of hydrogen-bond donors (Lipinski definition) is 0. The lowest BCUT2D eigenvalue weighted by Crippen LogP contribution is -2.43. The molecular formula is C15H26O8Si. The summed E-state index contributed by atoms with van der Waals surface area (Å²) in [5.41, 5.74) is 0. The second kappa shape index (κ2) is 8.59. The normalized spacial score (nSPS) is 26.8. The summed E-state index contributed by atoms with van der Waals surface area (Å²) in [5, 5.41) is 0. The molecule has 0 aromatic carbocycles. The first-order valence-corrected chi connectivity index (χ1v) is 11.2. The summed E-state index contributed by atoms with van der Waals surface area (Å²) < 4.78 is 27.1. The van der Waals surface area contributed by atoms with Gasteiger partial charge >= 0.3 is 17.9 Å². The van der Waals surface area contributed by atoms with E-state index in [1.807, 2.05) is 19.6 Å². The average molecular weight is 362 g/mol. The van der Waals surface area contributed by atoms with Crippen LogP contribution in [0.2, 0.25) is 19.6 Å². The van der Waals surface area contributed by atoms with Crippen LogP contribution >= 0.6 is 0 Å². The molecule has 0 amide bonds. The van der Waals surface area contributed by atoms with Crippen molar-refractivity contribution in [3.63, 3.8) is 0 Å². The highest BCUT2D eigenvalue weighted by Crippen LogP contribution is 2.28. The third-order valence-electron chi connectivity index (χ3n) is 3.14. The van der Waals surface area contributed by atoms with Crippen LogP contribution in [-0.4, -0.2) is 63.9 Å². The van der Waals surface area contributed by atoms with Gasteiger partial charge in [0.15, 0.2) is 20.5 Å². The topological polar surface area (TPSA) is 97.4 Å². The monoisotopic (exact) mass is 362 g/mol. The number of rotatable bonds is 7. The van der Waals surface area contributed by atoms with Gasteiger partial charge in [-0.25, -0.2) is 0 Å². The van der Waals surface area contributed by atoms with Crippen LogP contribution in [0.4, 0.5) is 0 Å². The van der Waals surface area contributed by atoms with Crippen LogP contribution in [0.5, 0.6) is 0 Å². The summed E-state index contributed by atoms with van der Waals surface area (Å²) in [6.07, 6.45) is -3.01. The lowest BCUT2D eigenvalue weighted by Gasteiger charge is -2.25. The molecule has 1 heterocycles. The Kier molecular flexibility index (Phi) is 7.37. The van der Waals surface area contributed by atoms with Gasteiger partial charge in [-0.3, -0.25) is 14.4 Å². The Bertz CT molecular complexity index is 473. The fourth-order valence-electron chi connectivity index (χ4n) is 2.27. The second-order valence-electron chi connectivity index (χ2n) is 6.59. The highest BCUT2D eigenvalue weighted by Gasteiger charge is 2.49. The minimum Gasteiger partial charge on any atom is -0.463 e. The Labute approximate surface area is 142 Å². The maximum absolute atomic E-state index is 11.4. The molecule has 1 saturated heterocycles. The predicted octanol–water partition coefficient (Wildman–Crippen LogP) is 1.03. The zero-order chi connectivity index (χ0) is 18.5. The van der Waals surface area contributed by atoms with E-state index in [0.29, 0.717) is 0 Å². The van der Waals surface area contributed by atoms with Crippen LogP contribution in [0, 0.1) is 0 Å². The van der Waals surface area contributed by atoms with Gasteiger partial charge in [0.25, 0.3) is 0 Å². The van der Waals surface area contributed by atoms with Crippen LogP contribution < -0.4 is 0 Å². The first-order chi connectivity index (χ1) is 11.0. The molecule has 0 saturated carbocycles. The largest absolute Gasteiger partial charge is 0.463 e. The van der Waals surface area contributed by atoms with Crippen LogP contribution in [0.3, 0.4) is 0 Å². The molecule has 0 bridgehead atoms. The molecule has 0 unspecified atom stereocenters. The van der Waals surface area contributed by atoms with E-state index in [-0.39, 0.29) is 13.2 Å². The average Bonchev–Trinajstić information content (AvgIpc) is 2.70. The van der Waals surface area contributed by atoms with Crippen LogP contribution in [-0.2, 0) is 37.8 Å². The van der Waals surface area contributed by atoms with Gasteiger partial charge in [0.2, 0.25) is 0 Å². The summed E-state index contributed by atoms with van der Waals surface area (Å²) in [7, 11) is -1.82. The zero-order valence-electron chi connectivity index (χ0n) is 15.0. The molecule has 0 N–H and O–H groups in total. The summed E-state index contributed by atoms with van der Waals surface area (Å²) in [6.45, 7) is 9.93. The van der Waals surface area contributed by atoms with Crippen molar-refractivity contribution >= 4 is 26.2 Å². The molecule has 1 aliphatic heterocycles. The number of carbonyl (C=O) groups is 3. The molecule has 8 nitrogen and oxygen atoms in total. The van der Waals surface area contributed by atoms with Gasteiger partial charge < -0.3 is 23.4 Å². The zero-order valence-corrected chi connectivity index (χ0v) is 16.0. The molecule has 0 aliphatic carbocycles. The molecule has 0 aromatic rings. The standard InChI is InChI=1S/C15H26O8Si/c1-9(16)19-7-12-14(21-10(2)17)15(22-11(3)18)13(23-12)8-20-24(4,5)6/h12-15H,7-8H2,1-6H3/t12-,13-,14-,15+/m1/s1. The lowest BCUT2D eigenvalue weighted by molar-refractivity contribution is -0.165. The number of ether oxygens (including phenoxy) is 4. The van der Waals surface area contributed by atoms with Crippen molar-refractivity contribution in [1.82, 2.24) is 0 Å². The molecule has 138 valence electrons. The van der Waals surface area contributed by atoms with Gasteiger partial charge in [-0.1, -0.05) is 0 Å². The molecule has 4 atom stereocenters. The van der Waals surface area contributed by atoms with Crippen LogP contribution in [0.1, 0.15) is 20.8 Å². The van der Waals surface area contributed by atoms with Crippen molar-refractivity contribution in [2.24, 2.45) is 0 Å². The summed E-state index contributed by atoms with van der Waals surface area (Å²) in [6, 6.07) is 0. The van der Waals surface area contributed by atoms with Crippen molar-refractivity contribution in [2.45, 2.75) is 64.8 Å². The third kappa shape index (κ3) is 6.98. The van der Waals surface area contributed by atoms with E-state index in [1.54, 1.807) is 0 Å². The summed E-state index contributed by atoms with van der Waals surface area (Å²) in [4.78, 5) is 33.8. The van der Waals surface area contributed by atoms with E-state index >= 15 is 0 Å². The molecule has 9 heteroatoms. The van der Waals surface area contributed by atoms with E-state index in [0.717, 1.165) is 0 Å². The minimum atomic E-state index is -1.82. The lowest BCUT2D eigenvalue weighted by atomic mass is 10.1. The number of hydrogen-bond acceptors (Lipinski definition) is 8. The highest BCUT2D eigenvalue weighted by molar-refractivity contribution is 6.69. The molecule has 0 spiro atoms. The van der Waals surface area contributed by atoms with Crippen LogP contribution in [0.15, 0.2) is 0 Å². The number of esters is 3. The summed E-state index contributed by atoms with van der Waals surface area (Å²) in [5.74, 6) is -1.54. The van der Waals surface area contributed by atoms with Crippen LogP contribution in [0.25, 0.3) is 0 Å². The van der Waals surface area contributed by atoms with E-state index < -0.39 is 50.6 Å². The summed E-state index contributed by atoms with van der Waals surface area (Å²) >= 11 is 0. The molecule has 24 heavy (non-hydrogen) atoms. The van der Waals surface area contributed by atoms with Gasteiger partial charge in [0.1, 0.15) is 18.8 Å². The Morgan fingerprint density at radius 2 is 1.29 bits per heavy atom. The van der Waals surface area contributed by atoms with Gasteiger partial charge in [0, 0.05) is 20.8 Å². The Morgan fingerprint density at radius 3 is 1.67 bits per heavy atom. The maximum Gasteiger partial charge on any atom is 0.303 e. The first kappa shape index (κ1) is 20.6. The first-order valence-electron chi connectivity index (χ1n) is 7.77. The van der Waals surface area contributed by atoms with Crippen molar-refractivity contribution < 1.29 is 37.8 Å². The second-order valence-corrected chi connectivity index (χ2v) is 11.1. The molecule has 1 aliphatic rings. The Hall–Kier alpha value is -1.45.